The van der Waals surface area contributed by atoms with Crippen molar-refractivity contribution >= 4 is 17.0 Å². The molecular formula is C20H16O4. The summed E-state index contributed by atoms with van der Waals surface area (Å²) in [5.41, 5.74) is 1.57. The van der Waals surface area contributed by atoms with Gasteiger partial charge in [0.2, 0.25) is 0 Å². The molecule has 0 amide bonds. The van der Waals surface area contributed by atoms with Gasteiger partial charge in [-0.1, -0.05) is 6.08 Å². The molecule has 1 aromatic heterocycles. The summed E-state index contributed by atoms with van der Waals surface area (Å²) in [6, 6.07) is 11.6. The van der Waals surface area contributed by atoms with Crippen LogP contribution in [0.15, 0.2) is 57.8 Å². The van der Waals surface area contributed by atoms with Crippen molar-refractivity contribution < 1.29 is 14.3 Å². The lowest BCUT2D eigenvalue weighted by Gasteiger charge is -2.27. The highest BCUT2D eigenvalue weighted by Crippen LogP contribution is 2.34. The first kappa shape index (κ1) is 14.6. The molecule has 0 radical (unpaired) electrons. The van der Waals surface area contributed by atoms with Crippen LogP contribution in [0.4, 0.5) is 0 Å². The van der Waals surface area contributed by atoms with Crippen molar-refractivity contribution in [3.8, 4) is 22.8 Å². The Kier molecular flexibility index (Phi) is 3.03. The molecule has 4 rings (SSSR count). The predicted octanol–water partition coefficient (Wildman–Crippen LogP) is 4.35. The van der Waals surface area contributed by atoms with Crippen LogP contribution in [0.3, 0.4) is 0 Å². The quantitative estimate of drug-likeness (QED) is 0.724. The minimum atomic E-state index is -0.393. The van der Waals surface area contributed by atoms with Gasteiger partial charge in [-0.3, -0.25) is 4.79 Å². The summed E-state index contributed by atoms with van der Waals surface area (Å²) < 4.78 is 11.9. The van der Waals surface area contributed by atoms with Crippen LogP contribution >= 0.6 is 0 Å². The first-order valence-electron chi connectivity index (χ1n) is 7.71. The van der Waals surface area contributed by atoms with E-state index < -0.39 is 5.60 Å². The van der Waals surface area contributed by atoms with Crippen molar-refractivity contribution in [2.24, 2.45) is 0 Å². The highest BCUT2D eigenvalue weighted by molar-refractivity contribution is 5.84. The third-order valence-electron chi connectivity index (χ3n) is 4.05. The Labute approximate surface area is 138 Å². The minimum absolute atomic E-state index is 0.111. The van der Waals surface area contributed by atoms with Gasteiger partial charge >= 0.3 is 0 Å². The zero-order chi connectivity index (χ0) is 16.9. The summed E-state index contributed by atoms with van der Waals surface area (Å²) in [6.45, 7) is 3.94. The first-order chi connectivity index (χ1) is 11.4. The molecule has 0 saturated heterocycles. The fourth-order valence-electron chi connectivity index (χ4n) is 2.79. The van der Waals surface area contributed by atoms with Crippen molar-refractivity contribution in [1.82, 2.24) is 0 Å². The third-order valence-corrected chi connectivity index (χ3v) is 4.05. The molecule has 4 heteroatoms. The molecule has 0 atom stereocenters. The molecule has 0 bridgehead atoms. The molecule has 3 aromatic rings. The van der Waals surface area contributed by atoms with Crippen molar-refractivity contribution in [1.29, 1.82) is 0 Å². The van der Waals surface area contributed by atoms with E-state index in [-0.39, 0.29) is 11.2 Å². The van der Waals surface area contributed by atoms with Crippen LogP contribution in [0.1, 0.15) is 19.4 Å². The summed E-state index contributed by atoms with van der Waals surface area (Å²) in [5, 5.41) is 9.91. The van der Waals surface area contributed by atoms with Crippen molar-refractivity contribution in [3.63, 3.8) is 0 Å². The second kappa shape index (κ2) is 4.99. The maximum Gasteiger partial charge on any atom is 0.193 e. The molecule has 0 spiro atoms. The van der Waals surface area contributed by atoms with E-state index in [1.165, 1.54) is 6.07 Å². The van der Waals surface area contributed by atoms with E-state index in [0.717, 1.165) is 11.1 Å². The fourth-order valence-corrected chi connectivity index (χ4v) is 2.79. The molecule has 2 heterocycles. The maximum absolute atomic E-state index is 12.5. The second-order valence-electron chi connectivity index (χ2n) is 6.45. The minimum Gasteiger partial charge on any atom is -0.508 e. The van der Waals surface area contributed by atoms with Crippen molar-refractivity contribution in [3.05, 3.63) is 64.3 Å². The summed E-state index contributed by atoms with van der Waals surface area (Å²) >= 11 is 0. The maximum atomic E-state index is 12.5. The zero-order valence-electron chi connectivity index (χ0n) is 13.4. The summed E-state index contributed by atoms with van der Waals surface area (Å²) in [5.74, 6) is 1.32. The molecule has 1 N–H and O–H groups in total. The number of rotatable bonds is 1. The number of ether oxygens (including phenoxy) is 1. The van der Waals surface area contributed by atoms with Gasteiger partial charge in [0.25, 0.3) is 0 Å². The first-order valence-corrected chi connectivity index (χ1v) is 7.71. The average molecular weight is 320 g/mol. The van der Waals surface area contributed by atoms with Crippen LogP contribution in [-0.2, 0) is 0 Å². The Balaban J connectivity index is 1.91. The number of hydrogen-bond donors (Lipinski definition) is 1. The molecule has 4 nitrogen and oxygen atoms in total. The zero-order valence-corrected chi connectivity index (χ0v) is 13.4. The molecule has 0 saturated carbocycles. The predicted molar refractivity (Wildman–Crippen MR) is 93.3 cm³/mol. The molecule has 0 aliphatic carbocycles. The van der Waals surface area contributed by atoms with Crippen molar-refractivity contribution in [2.75, 3.05) is 0 Å². The lowest BCUT2D eigenvalue weighted by atomic mass is 10.0. The van der Waals surface area contributed by atoms with Gasteiger partial charge < -0.3 is 14.3 Å². The largest absolute Gasteiger partial charge is 0.508 e. The van der Waals surface area contributed by atoms with E-state index in [9.17, 15) is 9.90 Å². The molecule has 120 valence electrons. The molecule has 1 aliphatic rings. The standard InChI is InChI=1S/C20H16O4/c1-20(2)8-7-13-9-15-16(22)10-17(12-3-5-14(21)6-4-12)23-19(15)11-18(13)24-20/h3-11,21H,1-2H3. The van der Waals surface area contributed by atoms with Crippen LogP contribution in [0.5, 0.6) is 11.5 Å². The van der Waals surface area contributed by atoms with E-state index in [4.69, 9.17) is 9.15 Å². The average Bonchev–Trinajstić information content (AvgIpc) is 2.53. The molecular weight excluding hydrogens is 304 g/mol. The van der Waals surface area contributed by atoms with Crippen LogP contribution < -0.4 is 10.2 Å². The molecule has 0 fully saturated rings. The lowest BCUT2D eigenvalue weighted by Crippen LogP contribution is -2.27. The number of phenolic OH excluding ortho intramolecular Hbond substituents is 1. The van der Waals surface area contributed by atoms with Crippen LogP contribution in [0, 0.1) is 0 Å². The molecule has 1 aliphatic heterocycles. The molecule has 0 unspecified atom stereocenters. The SMILES string of the molecule is CC1(C)C=Cc2cc3c(=O)cc(-c4ccc(O)cc4)oc3cc2O1. The van der Waals surface area contributed by atoms with Gasteiger partial charge in [-0.15, -0.1) is 0 Å². The van der Waals surface area contributed by atoms with Gasteiger partial charge in [-0.2, -0.15) is 0 Å². The normalized spacial score (nSPS) is 15.1. The molecule has 24 heavy (non-hydrogen) atoms. The van der Waals surface area contributed by atoms with Crippen molar-refractivity contribution in [2.45, 2.75) is 19.4 Å². The van der Waals surface area contributed by atoms with Gasteiger partial charge in [0.1, 0.15) is 28.4 Å². The van der Waals surface area contributed by atoms with Gasteiger partial charge in [0.05, 0.1) is 5.39 Å². The topological polar surface area (TPSA) is 59.7 Å². The number of aromatic hydroxyl groups is 1. The number of hydrogen-bond acceptors (Lipinski definition) is 4. The highest BCUT2D eigenvalue weighted by atomic mass is 16.5. The van der Waals surface area contributed by atoms with Gasteiger partial charge in [0, 0.05) is 23.3 Å². The van der Waals surface area contributed by atoms with Crippen LogP contribution in [0.25, 0.3) is 28.4 Å². The number of fused-ring (bicyclic) bond motifs is 2. The Morgan fingerprint density at radius 1 is 1.04 bits per heavy atom. The number of benzene rings is 2. The highest BCUT2D eigenvalue weighted by Gasteiger charge is 2.23. The third kappa shape index (κ3) is 2.46. The van der Waals surface area contributed by atoms with Crippen LogP contribution in [0.2, 0.25) is 0 Å². The smallest absolute Gasteiger partial charge is 0.193 e. The molecule has 2 aromatic carbocycles. The van der Waals surface area contributed by atoms with E-state index in [2.05, 4.69) is 0 Å². The van der Waals surface area contributed by atoms with Gasteiger partial charge in [0.15, 0.2) is 5.43 Å². The van der Waals surface area contributed by atoms with E-state index in [1.54, 1.807) is 36.4 Å². The summed E-state index contributed by atoms with van der Waals surface area (Å²) in [6.07, 6.45) is 3.93. The van der Waals surface area contributed by atoms with Gasteiger partial charge in [-0.25, -0.2) is 0 Å². The van der Waals surface area contributed by atoms with E-state index in [1.807, 2.05) is 26.0 Å². The Bertz CT molecular complexity index is 1020. The Hall–Kier alpha value is -3.01. The fraction of sp³-hybridized carbons (Fsp3) is 0.150. The summed E-state index contributed by atoms with van der Waals surface area (Å²) in [4.78, 5) is 12.5. The number of phenols is 1. The second-order valence-corrected chi connectivity index (χ2v) is 6.45. The lowest BCUT2D eigenvalue weighted by molar-refractivity contribution is 0.159. The van der Waals surface area contributed by atoms with Crippen LogP contribution in [-0.4, -0.2) is 10.7 Å². The van der Waals surface area contributed by atoms with E-state index in [0.29, 0.717) is 22.5 Å². The summed E-state index contributed by atoms with van der Waals surface area (Å²) in [7, 11) is 0. The Morgan fingerprint density at radius 2 is 1.79 bits per heavy atom. The monoisotopic (exact) mass is 320 g/mol. The Morgan fingerprint density at radius 3 is 2.54 bits per heavy atom. The van der Waals surface area contributed by atoms with E-state index >= 15 is 0 Å². The van der Waals surface area contributed by atoms with Gasteiger partial charge in [-0.05, 0) is 50.3 Å².